The van der Waals surface area contributed by atoms with Gasteiger partial charge in [0.1, 0.15) is 5.56 Å². The highest BCUT2D eigenvalue weighted by molar-refractivity contribution is 7.94. The number of hydrogen-bond donors (Lipinski definition) is 2. The molecule has 0 saturated heterocycles. The third-order valence-electron chi connectivity index (χ3n) is 4.56. The van der Waals surface area contributed by atoms with Crippen LogP contribution in [0.25, 0.3) is 0 Å². The van der Waals surface area contributed by atoms with Crippen LogP contribution in [0, 0.1) is 0 Å². The minimum Gasteiger partial charge on any atom is -0.348 e. The van der Waals surface area contributed by atoms with Crippen LogP contribution < -0.4 is 10.9 Å². The van der Waals surface area contributed by atoms with Gasteiger partial charge in [0.15, 0.2) is 9.84 Å². The van der Waals surface area contributed by atoms with Gasteiger partial charge in [-0.25, -0.2) is 8.42 Å². The molecule has 0 unspecified atom stereocenters. The number of fused-ring (bicyclic) bond motifs is 1. The molecule has 2 N–H and O–H groups in total. The minimum absolute atomic E-state index is 0.0153. The van der Waals surface area contributed by atoms with E-state index in [2.05, 4.69) is 10.3 Å². The van der Waals surface area contributed by atoms with Crippen molar-refractivity contribution in [1.82, 2.24) is 10.3 Å². The molecule has 1 aromatic heterocycles. The normalized spacial score (nSPS) is 14.5. The summed E-state index contributed by atoms with van der Waals surface area (Å²) in [6.45, 7) is 0.0153. The summed E-state index contributed by atoms with van der Waals surface area (Å²) in [5.41, 5.74) is 1.59. The zero-order valence-corrected chi connectivity index (χ0v) is 15.7. The number of carbonyl (C=O) groups excluding carboxylic acids is 1. The summed E-state index contributed by atoms with van der Waals surface area (Å²) >= 11 is 0. The van der Waals surface area contributed by atoms with Crippen LogP contribution in [0.2, 0.25) is 0 Å². The lowest BCUT2D eigenvalue weighted by Crippen LogP contribution is -2.30. The van der Waals surface area contributed by atoms with Gasteiger partial charge in [-0.15, -0.1) is 0 Å². The lowest BCUT2D eigenvalue weighted by molar-refractivity contribution is 0.0956. The van der Waals surface area contributed by atoms with Crippen LogP contribution >= 0.6 is 0 Å². The van der Waals surface area contributed by atoms with Crippen LogP contribution in [0.15, 0.2) is 57.6 Å². The van der Waals surface area contributed by atoms with Crippen LogP contribution in [0.1, 0.15) is 40.9 Å². The molecule has 0 spiro atoms. The number of carbonyl (C=O) groups is 1. The van der Waals surface area contributed by atoms with Crippen LogP contribution in [0.4, 0.5) is 0 Å². The predicted molar refractivity (Wildman–Crippen MR) is 103 cm³/mol. The average molecular weight is 386 g/mol. The van der Waals surface area contributed by atoms with Crippen molar-refractivity contribution in [3.05, 3.63) is 75.1 Å². The fourth-order valence-electron chi connectivity index (χ4n) is 3.13. The van der Waals surface area contributed by atoms with Gasteiger partial charge in [-0.1, -0.05) is 30.7 Å². The van der Waals surface area contributed by atoms with Crippen molar-refractivity contribution in [2.24, 2.45) is 0 Å². The molecule has 0 bridgehead atoms. The number of aromatic amines is 1. The molecule has 3 rings (SSSR count). The quantitative estimate of drug-likeness (QED) is 0.771. The molecular weight excluding hydrogens is 364 g/mol. The number of amides is 1. The van der Waals surface area contributed by atoms with Crippen molar-refractivity contribution in [3.8, 4) is 0 Å². The molecule has 0 fully saturated rings. The first-order valence-electron chi connectivity index (χ1n) is 8.97. The summed E-state index contributed by atoms with van der Waals surface area (Å²) < 4.78 is 24.3. The number of H-pyrrole nitrogens is 1. The van der Waals surface area contributed by atoms with Gasteiger partial charge in [-0.3, -0.25) is 9.59 Å². The van der Waals surface area contributed by atoms with E-state index >= 15 is 0 Å². The van der Waals surface area contributed by atoms with Gasteiger partial charge in [0.05, 0.1) is 4.90 Å². The Hall–Kier alpha value is -2.67. The van der Waals surface area contributed by atoms with E-state index in [9.17, 15) is 18.0 Å². The van der Waals surface area contributed by atoms with Crippen molar-refractivity contribution in [1.29, 1.82) is 0 Å². The van der Waals surface area contributed by atoms with E-state index in [-0.39, 0.29) is 17.0 Å². The lowest BCUT2D eigenvalue weighted by atomic mass is 10.1. The molecule has 0 saturated carbocycles. The van der Waals surface area contributed by atoms with Crippen LogP contribution in [0.5, 0.6) is 0 Å². The number of nitrogens with one attached hydrogen (secondary N) is 2. The number of aryl methyl sites for hydroxylation is 2. The number of hydrogen-bond acceptors (Lipinski definition) is 4. The second-order valence-corrected chi connectivity index (χ2v) is 8.35. The highest BCUT2D eigenvalue weighted by atomic mass is 32.2. The molecule has 0 radical (unpaired) electrons. The van der Waals surface area contributed by atoms with Gasteiger partial charge in [0.2, 0.25) is 0 Å². The summed E-state index contributed by atoms with van der Waals surface area (Å²) in [4.78, 5) is 27.5. The van der Waals surface area contributed by atoms with Crippen LogP contribution in [-0.2, 0) is 22.7 Å². The monoisotopic (exact) mass is 386 g/mol. The second-order valence-electron chi connectivity index (χ2n) is 6.52. The maximum absolute atomic E-state index is 12.3. The highest BCUT2D eigenvalue weighted by Gasteiger charge is 2.16. The highest BCUT2D eigenvalue weighted by Crippen LogP contribution is 2.18. The van der Waals surface area contributed by atoms with Gasteiger partial charge < -0.3 is 10.3 Å². The molecule has 1 aliphatic rings. The Bertz CT molecular complexity index is 1010. The second kappa shape index (κ2) is 8.35. The van der Waals surface area contributed by atoms with E-state index in [4.69, 9.17) is 0 Å². The lowest BCUT2D eigenvalue weighted by Gasteiger charge is -2.08. The van der Waals surface area contributed by atoms with Crippen LogP contribution in [-0.4, -0.2) is 25.9 Å². The third kappa shape index (κ3) is 4.74. The fraction of sp³-hybridized carbons (Fsp3) is 0.300. The molecule has 1 heterocycles. The third-order valence-corrected chi connectivity index (χ3v) is 6.04. The summed E-state index contributed by atoms with van der Waals surface area (Å²) in [7, 11) is -3.55. The standard InChI is InChI=1S/C20H22N2O4S/c23-19(17-14-15-8-3-1-6-11-18(15)22-20(17)24)21-12-7-13-27(25,26)16-9-4-2-5-10-16/h2,4-5,7,9-10,13-14H,1,3,6,8,11-12H2,(H,21,23)(H,22,24)/b13-7+. The van der Waals surface area contributed by atoms with E-state index < -0.39 is 21.3 Å². The summed E-state index contributed by atoms with van der Waals surface area (Å²) in [5.74, 6) is -0.509. The van der Waals surface area contributed by atoms with Gasteiger partial charge >= 0.3 is 0 Å². The number of pyridine rings is 1. The van der Waals surface area contributed by atoms with Crippen molar-refractivity contribution in [2.75, 3.05) is 6.54 Å². The summed E-state index contributed by atoms with van der Waals surface area (Å²) in [6, 6.07) is 9.71. The van der Waals surface area contributed by atoms with Gasteiger partial charge in [-0.05, 0) is 49.4 Å². The smallest absolute Gasteiger partial charge is 0.261 e. The first-order valence-corrected chi connectivity index (χ1v) is 10.5. The van der Waals surface area contributed by atoms with Gasteiger partial charge in [-0.2, -0.15) is 0 Å². The van der Waals surface area contributed by atoms with Crippen molar-refractivity contribution in [3.63, 3.8) is 0 Å². The molecule has 1 amide bonds. The van der Waals surface area contributed by atoms with Crippen molar-refractivity contribution in [2.45, 2.75) is 37.0 Å². The van der Waals surface area contributed by atoms with E-state index in [0.29, 0.717) is 0 Å². The van der Waals surface area contributed by atoms with E-state index in [1.54, 1.807) is 24.3 Å². The topological polar surface area (TPSA) is 96.1 Å². The Balaban J connectivity index is 1.66. The molecule has 2 aromatic rings. The van der Waals surface area contributed by atoms with E-state index in [1.165, 1.54) is 18.2 Å². The average Bonchev–Trinajstić information content (AvgIpc) is 2.90. The molecule has 7 heteroatoms. The maximum atomic E-state index is 12.3. The van der Waals surface area contributed by atoms with E-state index in [1.807, 2.05) is 0 Å². The molecule has 0 atom stereocenters. The first kappa shape index (κ1) is 19.1. The SMILES string of the molecule is O=C(NC/C=C/S(=O)(=O)c1ccccc1)c1cc2c([nH]c1=O)CCCCC2. The molecule has 27 heavy (non-hydrogen) atoms. The number of benzene rings is 1. The maximum Gasteiger partial charge on any atom is 0.261 e. The zero-order chi connectivity index (χ0) is 19.3. The Labute approximate surface area is 158 Å². The fourth-order valence-corrected chi connectivity index (χ4v) is 4.17. The molecule has 6 nitrogen and oxygen atoms in total. The van der Waals surface area contributed by atoms with E-state index in [0.717, 1.165) is 48.8 Å². The minimum atomic E-state index is -3.55. The zero-order valence-electron chi connectivity index (χ0n) is 14.9. The van der Waals surface area contributed by atoms with Crippen molar-refractivity contribution >= 4 is 15.7 Å². The Morgan fingerprint density at radius 2 is 1.85 bits per heavy atom. The van der Waals surface area contributed by atoms with Gasteiger partial charge in [0.25, 0.3) is 11.5 Å². The molecule has 0 aliphatic heterocycles. The summed E-state index contributed by atoms with van der Waals surface area (Å²) in [6.07, 6.45) is 6.22. The first-order chi connectivity index (χ1) is 13.0. The predicted octanol–water partition coefficient (Wildman–Crippen LogP) is 2.36. The summed E-state index contributed by atoms with van der Waals surface area (Å²) in [5, 5.41) is 3.64. The Morgan fingerprint density at radius 3 is 2.63 bits per heavy atom. The van der Waals surface area contributed by atoms with Gasteiger partial charge in [0, 0.05) is 17.6 Å². The van der Waals surface area contributed by atoms with Crippen LogP contribution in [0.3, 0.4) is 0 Å². The number of sulfone groups is 1. The Kier molecular flexibility index (Phi) is 5.91. The number of rotatable bonds is 5. The van der Waals surface area contributed by atoms with Crippen molar-refractivity contribution < 1.29 is 13.2 Å². The largest absolute Gasteiger partial charge is 0.348 e. The number of aromatic nitrogens is 1. The molecule has 1 aliphatic carbocycles. The molecule has 1 aromatic carbocycles. The Morgan fingerprint density at radius 1 is 1.11 bits per heavy atom. The molecule has 142 valence electrons. The molecular formula is C20H22N2O4S.